The summed E-state index contributed by atoms with van der Waals surface area (Å²) >= 11 is 5.77. The first kappa shape index (κ1) is 10.7. The van der Waals surface area contributed by atoms with Crippen LogP contribution in [0, 0.1) is 0 Å². The van der Waals surface area contributed by atoms with Crippen LogP contribution in [0.4, 0.5) is 0 Å². The van der Waals surface area contributed by atoms with Gasteiger partial charge in [0.1, 0.15) is 5.25 Å². The van der Waals surface area contributed by atoms with Gasteiger partial charge in [-0.1, -0.05) is 11.8 Å². The predicted molar refractivity (Wildman–Crippen MR) is 48.9 cm³/mol. The molecule has 0 aromatic carbocycles. The molecule has 0 rings (SSSR count). The lowest BCUT2D eigenvalue weighted by atomic mass is 10.5. The first-order valence-electron chi connectivity index (χ1n) is 3.14. The molecule has 1 atom stereocenters. The fourth-order valence-corrected chi connectivity index (χ4v) is 1.47. The lowest BCUT2D eigenvalue weighted by molar-refractivity contribution is -0.136. The van der Waals surface area contributed by atoms with Crippen LogP contribution < -0.4 is 0 Å². The molecular formula is C6H10O3S2. The first-order valence-corrected chi connectivity index (χ1v) is 4.43. The Morgan fingerprint density at radius 3 is 2.73 bits per heavy atom. The summed E-state index contributed by atoms with van der Waals surface area (Å²) in [6.45, 7) is 3.86. The smallest absolute Gasteiger partial charge is 0.316 e. The molecule has 0 saturated heterocycles. The molecule has 0 spiro atoms. The summed E-state index contributed by atoms with van der Waals surface area (Å²) in [6, 6.07) is 0. The van der Waals surface area contributed by atoms with Gasteiger partial charge in [0.2, 0.25) is 4.38 Å². The van der Waals surface area contributed by atoms with Gasteiger partial charge in [-0.05, 0) is 26.1 Å². The number of thiocarbonyl (C=S) groups is 1. The molecular weight excluding hydrogens is 184 g/mol. The summed E-state index contributed by atoms with van der Waals surface area (Å²) in [5.41, 5.74) is 0. The molecule has 0 amide bonds. The van der Waals surface area contributed by atoms with Crippen molar-refractivity contribution in [1.29, 1.82) is 0 Å². The van der Waals surface area contributed by atoms with E-state index in [1.165, 1.54) is 0 Å². The highest BCUT2D eigenvalue weighted by molar-refractivity contribution is 8.23. The average Bonchev–Trinajstić information content (AvgIpc) is 1.87. The molecule has 3 nitrogen and oxygen atoms in total. The maximum atomic E-state index is 10.3. The van der Waals surface area contributed by atoms with Gasteiger partial charge in [-0.3, -0.25) is 4.79 Å². The molecule has 0 radical (unpaired) electrons. The molecule has 0 aliphatic heterocycles. The number of hydrogen-bond acceptors (Lipinski definition) is 4. The summed E-state index contributed by atoms with van der Waals surface area (Å²) in [7, 11) is 0. The number of thioether (sulfide) groups is 1. The highest BCUT2D eigenvalue weighted by Crippen LogP contribution is 2.13. The molecule has 1 unspecified atom stereocenters. The first-order chi connectivity index (χ1) is 5.07. The van der Waals surface area contributed by atoms with Gasteiger partial charge in [0.15, 0.2) is 0 Å². The lowest BCUT2D eigenvalue weighted by Gasteiger charge is -2.06. The van der Waals surface area contributed by atoms with E-state index in [9.17, 15) is 4.79 Å². The number of aliphatic carboxylic acids is 1. The van der Waals surface area contributed by atoms with E-state index in [2.05, 4.69) is 0 Å². The van der Waals surface area contributed by atoms with E-state index in [0.717, 1.165) is 11.8 Å². The van der Waals surface area contributed by atoms with Gasteiger partial charge in [0.05, 0.1) is 6.61 Å². The van der Waals surface area contributed by atoms with Gasteiger partial charge in [-0.15, -0.1) is 0 Å². The van der Waals surface area contributed by atoms with Crippen molar-refractivity contribution >= 4 is 34.3 Å². The normalized spacial score (nSPS) is 12.2. The van der Waals surface area contributed by atoms with E-state index < -0.39 is 11.2 Å². The van der Waals surface area contributed by atoms with Crippen molar-refractivity contribution in [3.8, 4) is 0 Å². The highest BCUT2D eigenvalue weighted by atomic mass is 32.2. The second kappa shape index (κ2) is 5.37. The second-order valence-corrected chi connectivity index (χ2v) is 3.72. The van der Waals surface area contributed by atoms with E-state index in [1.54, 1.807) is 13.8 Å². The zero-order valence-corrected chi connectivity index (χ0v) is 8.00. The van der Waals surface area contributed by atoms with Crippen LogP contribution in [0.15, 0.2) is 0 Å². The maximum Gasteiger partial charge on any atom is 0.316 e. The predicted octanol–water partition coefficient (Wildman–Crippen LogP) is 1.51. The Bertz CT molecular complexity index is 158. The SMILES string of the molecule is CCOC(=S)SC(C)C(=O)O. The minimum absolute atomic E-state index is 0.294. The summed E-state index contributed by atoms with van der Waals surface area (Å²) < 4.78 is 5.19. The minimum Gasteiger partial charge on any atom is -0.480 e. The van der Waals surface area contributed by atoms with Crippen molar-refractivity contribution in [1.82, 2.24) is 0 Å². The number of carboxylic acids is 1. The van der Waals surface area contributed by atoms with Crippen LogP contribution in [0.25, 0.3) is 0 Å². The monoisotopic (exact) mass is 194 g/mol. The maximum absolute atomic E-state index is 10.3. The Labute approximate surface area is 75.1 Å². The van der Waals surface area contributed by atoms with Crippen molar-refractivity contribution in [3.63, 3.8) is 0 Å². The molecule has 0 aromatic heterocycles. The van der Waals surface area contributed by atoms with Gasteiger partial charge < -0.3 is 9.84 Å². The van der Waals surface area contributed by atoms with Gasteiger partial charge in [0.25, 0.3) is 0 Å². The average molecular weight is 194 g/mol. The molecule has 0 aliphatic carbocycles. The molecule has 64 valence electrons. The fraction of sp³-hybridized carbons (Fsp3) is 0.667. The molecule has 0 fully saturated rings. The van der Waals surface area contributed by atoms with Gasteiger partial charge >= 0.3 is 5.97 Å². The van der Waals surface area contributed by atoms with Crippen LogP contribution >= 0.6 is 24.0 Å². The molecule has 5 heteroatoms. The molecule has 0 saturated carbocycles. The van der Waals surface area contributed by atoms with Crippen LogP contribution in [0.1, 0.15) is 13.8 Å². The minimum atomic E-state index is -0.878. The summed E-state index contributed by atoms with van der Waals surface area (Å²) in [6.07, 6.45) is 0. The quantitative estimate of drug-likeness (QED) is 0.690. The van der Waals surface area contributed by atoms with Crippen molar-refractivity contribution in [2.24, 2.45) is 0 Å². The molecule has 0 bridgehead atoms. The van der Waals surface area contributed by atoms with Gasteiger partial charge in [-0.2, -0.15) is 0 Å². The number of ether oxygens (including phenoxy) is 1. The van der Waals surface area contributed by atoms with Crippen LogP contribution in [-0.4, -0.2) is 27.3 Å². The van der Waals surface area contributed by atoms with E-state index in [4.69, 9.17) is 22.1 Å². The van der Waals surface area contributed by atoms with Crippen molar-refractivity contribution in [3.05, 3.63) is 0 Å². The molecule has 1 N–H and O–H groups in total. The Morgan fingerprint density at radius 1 is 1.82 bits per heavy atom. The third-order valence-electron chi connectivity index (χ3n) is 0.883. The Morgan fingerprint density at radius 2 is 2.36 bits per heavy atom. The van der Waals surface area contributed by atoms with Crippen molar-refractivity contribution in [2.75, 3.05) is 6.61 Å². The van der Waals surface area contributed by atoms with Crippen LogP contribution in [-0.2, 0) is 9.53 Å². The van der Waals surface area contributed by atoms with Crippen LogP contribution in [0.5, 0.6) is 0 Å². The Hall–Kier alpha value is -0.290. The Kier molecular flexibility index (Phi) is 5.23. The molecule has 0 aromatic rings. The number of hydrogen-bond donors (Lipinski definition) is 1. The van der Waals surface area contributed by atoms with Crippen molar-refractivity contribution < 1.29 is 14.6 Å². The van der Waals surface area contributed by atoms with Crippen molar-refractivity contribution in [2.45, 2.75) is 19.1 Å². The molecule has 0 aliphatic rings. The Balaban J connectivity index is 3.66. The van der Waals surface area contributed by atoms with E-state index in [1.807, 2.05) is 0 Å². The zero-order valence-electron chi connectivity index (χ0n) is 6.36. The lowest BCUT2D eigenvalue weighted by Crippen LogP contribution is -2.14. The summed E-state index contributed by atoms with van der Waals surface area (Å²) in [5, 5.41) is 7.93. The highest BCUT2D eigenvalue weighted by Gasteiger charge is 2.14. The molecule has 11 heavy (non-hydrogen) atoms. The standard InChI is InChI=1S/C6H10O3S2/c1-3-9-6(10)11-4(2)5(7)8/h4H,3H2,1-2H3,(H,7,8). The van der Waals surface area contributed by atoms with E-state index in [0.29, 0.717) is 11.0 Å². The van der Waals surface area contributed by atoms with Crippen LogP contribution in [0.2, 0.25) is 0 Å². The molecule has 0 heterocycles. The largest absolute Gasteiger partial charge is 0.480 e. The zero-order chi connectivity index (χ0) is 8.85. The summed E-state index contributed by atoms with van der Waals surface area (Å²) in [5.74, 6) is -0.878. The summed E-state index contributed by atoms with van der Waals surface area (Å²) in [4.78, 5) is 10.3. The fourth-order valence-electron chi connectivity index (χ4n) is 0.347. The van der Waals surface area contributed by atoms with Gasteiger partial charge in [0, 0.05) is 0 Å². The van der Waals surface area contributed by atoms with E-state index in [-0.39, 0.29) is 0 Å². The van der Waals surface area contributed by atoms with Gasteiger partial charge in [-0.25, -0.2) is 0 Å². The third kappa shape index (κ3) is 5.03. The van der Waals surface area contributed by atoms with E-state index >= 15 is 0 Å². The van der Waals surface area contributed by atoms with Crippen LogP contribution in [0.3, 0.4) is 0 Å². The third-order valence-corrected chi connectivity index (χ3v) is 2.15. The number of carbonyl (C=O) groups is 1. The second-order valence-electron chi connectivity index (χ2n) is 1.78. The number of carboxylic acid groups (broad SMARTS) is 1. The number of rotatable bonds is 3. The topological polar surface area (TPSA) is 46.5 Å².